The van der Waals surface area contributed by atoms with Crippen molar-refractivity contribution in [1.82, 2.24) is 15.3 Å². The summed E-state index contributed by atoms with van der Waals surface area (Å²) in [4.78, 5) is 20.6. The van der Waals surface area contributed by atoms with E-state index < -0.39 is 0 Å². The quantitative estimate of drug-likeness (QED) is 0.559. The van der Waals surface area contributed by atoms with Crippen LogP contribution >= 0.6 is 0 Å². The predicted octanol–water partition coefficient (Wildman–Crippen LogP) is 3.46. The Hall–Kier alpha value is -3.41. The molecular formula is C22H24N4O2. The molecule has 0 aliphatic rings. The normalized spacial score (nSPS) is 10.3. The van der Waals surface area contributed by atoms with Gasteiger partial charge in [-0.2, -0.15) is 0 Å². The van der Waals surface area contributed by atoms with Gasteiger partial charge in [0, 0.05) is 19.2 Å². The summed E-state index contributed by atoms with van der Waals surface area (Å²) in [5.74, 6) is 1.24. The monoisotopic (exact) mass is 376 g/mol. The maximum Gasteiger partial charge on any atom is 0.270 e. The summed E-state index contributed by atoms with van der Waals surface area (Å²) in [6.45, 7) is 1.20. The number of rotatable bonds is 9. The zero-order valence-electron chi connectivity index (χ0n) is 15.9. The number of benzene rings is 2. The lowest BCUT2D eigenvalue weighted by Gasteiger charge is -2.08. The van der Waals surface area contributed by atoms with Gasteiger partial charge in [-0.1, -0.05) is 42.5 Å². The van der Waals surface area contributed by atoms with E-state index in [1.165, 1.54) is 11.9 Å². The van der Waals surface area contributed by atoms with Crippen molar-refractivity contribution in [3.63, 3.8) is 0 Å². The first-order valence-corrected chi connectivity index (χ1v) is 9.25. The molecule has 6 heteroatoms. The molecule has 0 fully saturated rings. The van der Waals surface area contributed by atoms with Crippen molar-refractivity contribution in [3.05, 3.63) is 83.8 Å². The number of aryl methyl sites for hydroxylation is 1. The van der Waals surface area contributed by atoms with Gasteiger partial charge in [-0.15, -0.1) is 0 Å². The fourth-order valence-corrected chi connectivity index (χ4v) is 2.74. The van der Waals surface area contributed by atoms with Crippen LogP contribution in [0.15, 0.2) is 67.0 Å². The second-order valence-electron chi connectivity index (χ2n) is 6.34. The van der Waals surface area contributed by atoms with E-state index in [1.54, 1.807) is 13.2 Å². The summed E-state index contributed by atoms with van der Waals surface area (Å²) in [5.41, 5.74) is 2.71. The predicted molar refractivity (Wildman–Crippen MR) is 109 cm³/mol. The lowest BCUT2D eigenvalue weighted by molar-refractivity contribution is 0.0948. The Morgan fingerprint density at radius 1 is 1.00 bits per heavy atom. The van der Waals surface area contributed by atoms with E-state index in [4.69, 9.17) is 4.74 Å². The first kappa shape index (κ1) is 19.4. The highest BCUT2D eigenvalue weighted by Crippen LogP contribution is 2.13. The van der Waals surface area contributed by atoms with Gasteiger partial charge in [0.2, 0.25) is 0 Å². The van der Waals surface area contributed by atoms with Gasteiger partial charge in [-0.3, -0.25) is 4.79 Å². The number of amides is 1. The summed E-state index contributed by atoms with van der Waals surface area (Å²) in [7, 11) is 1.64. The standard InChI is InChI=1S/C22H24N4O2/c1-28-19-11-9-18(10-12-19)15-24-21-14-20(25-16-26-21)22(27)23-13-5-8-17-6-3-2-4-7-17/h2-4,6-7,9-12,14,16H,5,8,13,15H2,1H3,(H,23,27)(H,24,25,26). The fourth-order valence-electron chi connectivity index (χ4n) is 2.74. The first-order chi connectivity index (χ1) is 13.7. The number of nitrogens with zero attached hydrogens (tertiary/aromatic N) is 2. The molecule has 0 radical (unpaired) electrons. The average molecular weight is 376 g/mol. The molecule has 0 aliphatic carbocycles. The molecule has 0 unspecified atom stereocenters. The number of methoxy groups -OCH3 is 1. The molecule has 0 bridgehead atoms. The van der Waals surface area contributed by atoms with Crippen LogP contribution in [0.5, 0.6) is 5.75 Å². The highest BCUT2D eigenvalue weighted by Gasteiger charge is 2.08. The van der Waals surface area contributed by atoms with E-state index in [0.717, 1.165) is 24.2 Å². The van der Waals surface area contributed by atoms with E-state index in [0.29, 0.717) is 24.6 Å². The molecule has 0 atom stereocenters. The van der Waals surface area contributed by atoms with Crippen LogP contribution < -0.4 is 15.4 Å². The smallest absolute Gasteiger partial charge is 0.270 e. The number of aromatic nitrogens is 2. The molecule has 0 spiro atoms. The zero-order valence-corrected chi connectivity index (χ0v) is 15.9. The average Bonchev–Trinajstić information content (AvgIpc) is 2.76. The van der Waals surface area contributed by atoms with Crippen LogP contribution in [0.4, 0.5) is 5.82 Å². The molecule has 3 aromatic rings. The van der Waals surface area contributed by atoms with Crippen molar-refractivity contribution in [2.24, 2.45) is 0 Å². The van der Waals surface area contributed by atoms with Gasteiger partial charge in [0.1, 0.15) is 23.6 Å². The second-order valence-corrected chi connectivity index (χ2v) is 6.34. The summed E-state index contributed by atoms with van der Waals surface area (Å²) >= 11 is 0. The Kier molecular flexibility index (Phi) is 6.95. The minimum Gasteiger partial charge on any atom is -0.497 e. The van der Waals surface area contributed by atoms with E-state index in [1.807, 2.05) is 42.5 Å². The fraction of sp³-hybridized carbons (Fsp3) is 0.227. The zero-order chi connectivity index (χ0) is 19.6. The van der Waals surface area contributed by atoms with Gasteiger partial charge in [0.05, 0.1) is 7.11 Å². The molecule has 0 saturated heterocycles. The Labute approximate surface area is 165 Å². The van der Waals surface area contributed by atoms with Gasteiger partial charge in [-0.05, 0) is 36.1 Å². The van der Waals surface area contributed by atoms with Crippen LogP contribution in [0.25, 0.3) is 0 Å². The highest BCUT2D eigenvalue weighted by molar-refractivity contribution is 5.92. The molecule has 2 N–H and O–H groups in total. The van der Waals surface area contributed by atoms with E-state index in [9.17, 15) is 4.79 Å². The SMILES string of the molecule is COc1ccc(CNc2cc(C(=O)NCCCc3ccccc3)ncn2)cc1. The summed E-state index contributed by atoms with van der Waals surface area (Å²) in [6.07, 6.45) is 3.21. The van der Waals surface area contributed by atoms with Gasteiger partial charge >= 0.3 is 0 Å². The van der Waals surface area contributed by atoms with E-state index >= 15 is 0 Å². The van der Waals surface area contributed by atoms with Crippen LogP contribution in [-0.4, -0.2) is 29.5 Å². The number of carbonyl (C=O) groups is 1. The van der Waals surface area contributed by atoms with Crippen molar-refractivity contribution in [2.45, 2.75) is 19.4 Å². The van der Waals surface area contributed by atoms with Crippen molar-refractivity contribution in [2.75, 3.05) is 19.0 Å². The molecule has 6 nitrogen and oxygen atoms in total. The molecule has 0 saturated carbocycles. The van der Waals surface area contributed by atoms with Crippen molar-refractivity contribution in [3.8, 4) is 5.75 Å². The van der Waals surface area contributed by atoms with E-state index in [2.05, 4.69) is 32.7 Å². The number of anilines is 1. The summed E-state index contributed by atoms with van der Waals surface area (Å²) < 4.78 is 5.15. The van der Waals surface area contributed by atoms with Gasteiger partial charge in [0.15, 0.2) is 0 Å². The third kappa shape index (κ3) is 5.81. The maximum absolute atomic E-state index is 12.3. The van der Waals surface area contributed by atoms with Gasteiger partial charge in [-0.25, -0.2) is 9.97 Å². The van der Waals surface area contributed by atoms with Crippen LogP contribution in [-0.2, 0) is 13.0 Å². The number of nitrogens with one attached hydrogen (secondary N) is 2. The number of hydrogen-bond acceptors (Lipinski definition) is 5. The van der Waals surface area contributed by atoms with Gasteiger partial charge in [0.25, 0.3) is 5.91 Å². The third-order valence-corrected chi connectivity index (χ3v) is 4.30. The lowest BCUT2D eigenvalue weighted by Crippen LogP contribution is -2.26. The Balaban J connectivity index is 1.46. The Bertz CT molecular complexity index is 883. The summed E-state index contributed by atoms with van der Waals surface area (Å²) in [6, 6.07) is 19.7. The van der Waals surface area contributed by atoms with Crippen LogP contribution in [0.2, 0.25) is 0 Å². The largest absolute Gasteiger partial charge is 0.497 e. The summed E-state index contributed by atoms with van der Waals surface area (Å²) in [5, 5.41) is 6.12. The van der Waals surface area contributed by atoms with Gasteiger partial charge < -0.3 is 15.4 Å². The molecule has 3 rings (SSSR count). The Morgan fingerprint density at radius 3 is 2.54 bits per heavy atom. The number of ether oxygens (including phenoxy) is 1. The van der Waals surface area contributed by atoms with Crippen LogP contribution in [0.3, 0.4) is 0 Å². The van der Waals surface area contributed by atoms with E-state index in [-0.39, 0.29) is 5.91 Å². The van der Waals surface area contributed by atoms with Crippen molar-refractivity contribution < 1.29 is 9.53 Å². The van der Waals surface area contributed by atoms with Crippen molar-refractivity contribution >= 4 is 11.7 Å². The lowest BCUT2D eigenvalue weighted by atomic mass is 10.1. The maximum atomic E-state index is 12.3. The van der Waals surface area contributed by atoms with Crippen LogP contribution in [0.1, 0.15) is 28.0 Å². The minimum absolute atomic E-state index is 0.192. The van der Waals surface area contributed by atoms with Crippen molar-refractivity contribution in [1.29, 1.82) is 0 Å². The molecule has 28 heavy (non-hydrogen) atoms. The molecule has 144 valence electrons. The van der Waals surface area contributed by atoms with Crippen LogP contribution in [0, 0.1) is 0 Å². The molecule has 1 aromatic heterocycles. The molecule has 2 aromatic carbocycles. The highest BCUT2D eigenvalue weighted by atomic mass is 16.5. The third-order valence-electron chi connectivity index (χ3n) is 4.30. The molecule has 1 amide bonds. The second kappa shape index (κ2) is 10.1. The number of carbonyl (C=O) groups excluding carboxylic acids is 1. The number of hydrogen-bond donors (Lipinski definition) is 2. The molecule has 0 aliphatic heterocycles. The first-order valence-electron chi connectivity index (χ1n) is 9.25. The Morgan fingerprint density at radius 2 is 1.79 bits per heavy atom. The topological polar surface area (TPSA) is 76.1 Å². The minimum atomic E-state index is -0.192. The molecular weight excluding hydrogens is 352 g/mol. The molecule has 1 heterocycles.